The van der Waals surface area contributed by atoms with Crippen LogP contribution in [0, 0.1) is 0 Å². The Bertz CT molecular complexity index is 1420. The molecule has 178 valence electrons. The van der Waals surface area contributed by atoms with Gasteiger partial charge < -0.3 is 23.9 Å². The normalized spacial score (nSPS) is 13.2. The molecule has 0 atom stereocenters. The van der Waals surface area contributed by atoms with Gasteiger partial charge in [-0.2, -0.15) is 0 Å². The van der Waals surface area contributed by atoms with Crippen LogP contribution in [-0.2, 0) is 0 Å². The number of hydrogen-bond donors (Lipinski definition) is 1. The summed E-state index contributed by atoms with van der Waals surface area (Å²) in [5.41, 5.74) is 2.43. The Balaban J connectivity index is 1.32. The van der Waals surface area contributed by atoms with Gasteiger partial charge in [0.15, 0.2) is 12.4 Å². The van der Waals surface area contributed by atoms with E-state index in [1.165, 1.54) is 31.2 Å². The molecule has 1 fully saturated rings. The maximum absolute atomic E-state index is 13.0. The molecule has 1 aliphatic heterocycles. The van der Waals surface area contributed by atoms with Crippen molar-refractivity contribution in [2.45, 2.75) is 12.8 Å². The first kappa shape index (κ1) is 22.5. The number of carbonyl (C=O) groups excluding carboxylic acids is 1. The fraction of sp³-hybridized carbons (Fsp3) is 0.214. The van der Waals surface area contributed by atoms with E-state index < -0.39 is 0 Å². The molecular formula is C28H25NO6. The molecule has 1 N–H and O–H groups in total. The third-order valence-electron chi connectivity index (χ3n) is 6.26. The van der Waals surface area contributed by atoms with Crippen LogP contribution >= 0.6 is 0 Å². The number of ether oxygens (including phenoxy) is 2. The molecule has 0 bridgehead atoms. The van der Waals surface area contributed by atoms with Crippen LogP contribution in [0.4, 0.5) is 5.69 Å². The van der Waals surface area contributed by atoms with Crippen LogP contribution in [0.25, 0.3) is 22.1 Å². The summed E-state index contributed by atoms with van der Waals surface area (Å²) in [6.07, 6.45) is 3.73. The van der Waals surface area contributed by atoms with E-state index in [4.69, 9.17) is 13.9 Å². The van der Waals surface area contributed by atoms with Crippen LogP contribution in [0.1, 0.15) is 23.2 Å². The Labute approximate surface area is 202 Å². The van der Waals surface area contributed by atoms with Crippen LogP contribution in [0.15, 0.2) is 76.1 Å². The smallest absolute Gasteiger partial charge is 0.204 e. The minimum absolute atomic E-state index is 0.0505. The van der Waals surface area contributed by atoms with Gasteiger partial charge in [0.1, 0.15) is 34.5 Å². The van der Waals surface area contributed by atoms with E-state index in [-0.39, 0.29) is 40.3 Å². The van der Waals surface area contributed by atoms with Crippen LogP contribution in [0.3, 0.4) is 0 Å². The fourth-order valence-corrected chi connectivity index (χ4v) is 4.33. The molecule has 0 radical (unpaired) electrons. The zero-order valence-corrected chi connectivity index (χ0v) is 19.3. The van der Waals surface area contributed by atoms with Gasteiger partial charge in [-0.3, -0.25) is 9.59 Å². The van der Waals surface area contributed by atoms with Gasteiger partial charge in [-0.05, 0) is 54.8 Å². The lowest BCUT2D eigenvalue weighted by molar-refractivity contribution is 0.0921. The summed E-state index contributed by atoms with van der Waals surface area (Å²) in [5.74, 6) is 0.441. The second kappa shape index (κ2) is 9.54. The third-order valence-corrected chi connectivity index (χ3v) is 6.26. The van der Waals surface area contributed by atoms with Crippen molar-refractivity contribution in [3.8, 4) is 28.4 Å². The van der Waals surface area contributed by atoms with Gasteiger partial charge in [0, 0.05) is 36.5 Å². The Hall–Kier alpha value is -4.26. The quantitative estimate of drug-likeness (QED) is 0.378. The lowest BCUT2D eigenvalue weighted by Gasteiger charge is -2.17. The summed E-state index contributed by atoms with van der Waals surface area (Å²) >= 11 is 0. The molecule has 2 heterocycles. The average molecular weight is 472 g/mol. The summed E-state index contributed by atoms with van der Waals surface area (Å²) in [5, 5.41) is 10.6. The molecule has 0 spiro atoms. The molecule has 0 unspecified atom stereocenters. The molecular weight excluding hydrogens is 446 g/mol. The minimum atomic E-state index is -0.366. The highest BCUT2D eigenvalue weighted by Gasteiger charge is 2.16. The molecule has 7 heteroatoms. The SMILES string of the molecule is COc1ccc(-c2coc3cc(OCC(=O)c4ccc(N5CCCC5)cc4)cc(O)c3c2=O)cc1. The molecule has 1 aromatic heterocycles. The van der Waals surface area contributed by atoms with Crippen molar-refractivity contribution in [2.24, 2.45) is 0 Å². The van der Waals surface area contributed by atoms with E-state index in [0.717, 1.165) is 18.8 Å². The van der Waals surface area contributed by atoms with Crippen molar-refractivity contribution >= 4 is 22.4 Å². The van der Waals surface area contributed by atoms with Gasteiger partial charge in [-0.15, -0.1) is 0 Å². The number of hydrogen-bond acceptors (Lipinski definition) is 7. The Kier molecular flexibility index (Phi) is 6.14. The van der Waals surface area contributed by atoms with E-state index in [9.17, 15) is 14.7 Å². The van der Waals surface area contributed by atoms with Crippen molar-refractivity contribution in [1.29, 1.82) is 0 Å². The predicted octanol–water partition coefficient (Wildman–Crippen LogP) is 5.04. The Morgan fingerprint density at radius 2 is 1.71 bits per heavy atom. The predicted molar refractivity (Wildman–Crippen MR) is 134 cm³/mol. The standard InChI is InChI=1S/C28H25NO6/c1-33-21-10-6-18(7-11-21)23-16-35-26-15-22(14-24(30)27(26)28(23)32)34-17-25(31)19-4-8-20(9-5-19)29-12-2-3-13-29/h4-11,14-16,30H,2-3,12-13,17H2,1H3. The number of phenolic OH excluding ortho intramolecular Hbond substituents is 1. The van der Waals surface area contributed by atoms with E-state index in [0.29, 0.717) is 22.4 Å². The number of ketones is 1. The molecule has 35 heavy (non-hydrogen) atoms. The number of benzene rings is 3. The monoisotopic (exact) mass is 471 g/mol. The third kappa shape index (κ3) is 4.57. The van der Waals surface area contributed by atoms with Crippen molar-refractivity contribution in [3.05, 3.63) is 82.7 Å². The van der Waals surface area contributed by atoms with Crippen molar-refractivity contribution in [1.82, 2.24) is 0 Å². The van der Waals surface area contributed by atoms with Crippen LogP contribution in [0.2, 0.25) is 0 Å². The first-order valence-electron chi connectivity index (χ1n) is 11.5. The molecule has 4 aromatic rings. The highest BCUT2D eigenvalue weighted by molar-refractivity contribution is 5.97. The molecule has 1 saturated heterocycles. The van der Waals surface area contributed by atoms with Gasteiger partial charge >= 0.3 is 0 Å². The van der Waals surface area contributed by atoms with Crippen LogP contribution in [-0.4, -0.2) is 37.7 Å². The second-order valence-corrected chi connectivity index (χ2v) is 8.48. The second-order valence-electron chi connectivity index (χ2n) is 8.48. The van der Waals surface area contributed by atoms with Gasteiger partial charge in [0.25, 0.3) is 0 Å². The summed E-state index contributed by atoms with van der Waals surface area (Å²) in [6.45, 7) is 1.88. The van der Waals surface area contributed by atoms with Crippen LogP contribution < -0.4 is 19.8 Å². The van der Waals surface area contributed by atoms with E-state index in [1.807, 2.05) is 12.1 Å². The number of rotatable bonds is 7. The molecule has 0 saturated carbocycles. The number of methoxy groups -OCH3 is 1. The number of phenols is 1. The zero-order chi connectivity index (χ0) is 24.4. The van der Waals surface area contributed by atoms with E-state index in [2.05, 4.69) is 4.90 Å². The van der Waals surface area contributed by atoms with Crippen molar-refractivity contribution in [2.75, 3.05) is 31.7 Å². The maximum Gasteiger partial charge on any atom is 0.204 e. The largest absolute Gasteiger partial charge is 0.507 e. The number of nitrogens with zero attached hydrogens (tertiary/aromatic N) is 1. The number of fused-ring (bicyclic) bond motifs is 1. The average Bonchev–Trinajstić information content (AvgIpc) is 3.43. The highest BCUT2D eigenvalue weighted by Crippen LogP contribution is 2.31. The van der Waals surface area contributed by atoms with Crippen LogP contribution in [0.5, 0.6) is 17.2 Å². The topological polar surface area (TPSA) is 89.2 Å². The highest BCUT2D eigenvalue weighted by atomic mass is 16.5. The van der Waals surface area contributed by atoms with Gasteiger partial charge in [-0.25, -0.2) is 0 Å². The minimum Gasteiger partial charge on any atom is -0.507 e. The molecule has 0 aliphatic carbocycles. The van der Waals surface area contributed by atoms with Crippen molar-refractivity contribution < 1.29 is 23.8 Å². The summed E-state index contributed by atoms with van der Waals surface area (Å²) in [7, 11) is 1.57. The number of aromatic hydroxyl groups is 1. The number of anilines is 1. The summed E-state index contributed by atoms with van der Waals surface area (Å²) < 4.78 is 16.4. The maximum atomic E-state index is 13.0. The Morgan fingerprint density at radius 1 is 1.00 bits per heavy atom. The number of Topliss-reactive ketones (excluding diaryl/α,β-unsaturated/α-hetero) is 1. The molecule has 7 nitrogen and oxygen atoms in total. The van der Waals surface area contributed by atoms with Gasteiger partial charge in [0.2, 0.25) is 5.43 Å². The van der Waals surface area contributed by atoms with E-state index in [1.54, 1.807) is 43.5 Å². The molecule has 1 aliphatic rings. The molecule has 5 rings (SSSR count). The fourth-order valence-electron chi connectivity index (χ4n) is 4.33. The first-order chi connectivity index (χ1) is 17.0. The Morgan fingerprint density at radius 3 is 2.40 bits per heavy atom. The summed E-state index contributed by atoms with van der Waals surface area (Å²) in [6, 6.07) is 17.3. The molecule has 0 amide bonds. The van der Waals surface area contributed by atoms with Gasteiger partial charge in [0.05, 0.1) is 12.7 Å². The lowest BCUT2D eigenvalue weighted by atomic mass is 10.0. The molecule has 3 aromatic carbocycles. The first-order valence-corrected chi connectivity index (χ1v) is 11.5. The van der Waals surface area contributed by atoms with E-state index >= 15 is 0 Å². The number of carbonyl (C=O) groups is 1. The zero-order valence-electron chi connectivity index (χ0n) is 19.3. The van der Waals surface area contributed by atoms with Crippen molar-refractivity contribution in [3.63, 3.8) is 0 Å². The van der Waals surface area contributed by atoms with Gasteiger partial charge in [-0.1, -0.05) is 12.1 Å². The lowest BCUT2D eigenvalue weighted by Crippen LogP contribution is -2.18. The summed E-state index contributed by atoms with van der Waals surface area (Å²) in [4.78, 5) is 28.0.